The normalized spacial score (nSPS) is 10.1. The van der Waals surface area contributed by atoms with Crippen molar-refractivity contribution in [3.63, 3.8) is 0 Å². The molecule has 0 saturated heterocycles. The van der Waals surface area contributed by atoms with Gasteiger partial charge in [-0.15, -0.1) is 0 Å². The number of nitrogen functional groups attached to an aromatic ring is 1. The monoisotopic (exact) mass is 414 g/mol. The molecule has 0 aliphatic heterocycles. The van der Waals surface area contributed by atoms with Gasteiger partial charge in [0.05, 0.1) is 5.56 Å². The zero-order chi connectivity index (χ0) is 16.1. The number of carbonyl (C=O) groups is 2. The van der Waals surface area contributed by atoms with Gasteiger partial charge in [-0.3, -0.25) is 4.79 Å². The second-order valence-corrected chi connectivity index (χ2v) is 5.61. The fraction of sp³-hybridized carbons (Fsp3) is 0.0667. The maximum atomic E-state index is 12.9. The molecular weight excluding hydrogens is 402 g/mol. The molecule has 1 amide bonds. The fourth-order valence-corrected chi connectivity index (χ4v) is 2.02. The SMILES string of the molecule is Nc1cc(F)ccc1C(=O)OCC(=O)Nc1ccc(I)cc1. The third-order valence-electron chi connectivity index (χ3n) is 2.70. The van der Waals surface area contributed by atoms with Crippen LogP contribution in [0.4, 0.5) is 15.8 Å². The number of nitrogens with one attached hydrogen (secondary N) is 1. The predicted octanol–water partition coefficient (Wildman–Crippen LogP) is 2.81. The Kier molecular flexibility index (Phi) is 5.31. The lowest BCUT2D eigenvalue weighted by Gasteiger charge is -2.08. The zero-order valence-electron chi connectivity index (χ0n) is 11.3. The van der Waals surface area contributed by atoms with Crippen molar-refractivity contribution < 1.29 is 18.7 Å². The Bertz CT molecular complexity index is 704. The number of carbonyl (C=O) groups excluding carboxylic acids is 2. The molecule has 114 valence electrons. The number of halogens is 2. The Hall–Kier alpha value is -2.16. The van der Waals surface area contributed by atoms with Gasteiger partial charge >= 0.3 is 5.97 Å². The maximum absolute atomic E-state index is 12.9. The van der Waals surface area contributed by atoms with Crippen molar-refractivity contribution in [2.45, 2.75) is 0 Å². The van der Waals surface area contributed by atoms with Gasteiger partial charge in [-0.2, -0.15) is 0 Å². The van der Waals surface area contributed by atoms with Gasteiger partial charge in [-0.1, -0.05) is 0 Å². The summed E-state index contributed by atoms with van der Waals surface area (Å²) in [5.74, 6) is -1.81. The third-order valence-corrected chi connectivity index (χ3v) is 3.42. The Labute approximate surface area is 139 Å². The molecule has 2 rings (SSSR count). The number of esters is 1. The smallest absolute Gasteiger partial charge is 0.340 e. The highest BCUT2D eigenvalue weighted by Gasteiger charge is 2.13. The molecule has 0 bridgehead atoms. The first kappa shape index (κ1) is 16.2. The van der Waals surface area contributed by atoms with Crippen LogP contribution in [0.1, 0.15) is 10.4 Å². The molecule has 0 aliphatic carbocycles. The average Bonchev–Trinajstić information content (AvgIpc) is 2.47. The highest BCUT2D eigenvalue weighted by atomic mass is 127. The maximum Gasteiger partial charge on any atom is 0.340 e. The van der Waals surface area contributed by atoms with Crippen LogP contribution in [0.2, 0.25) is 0 Å². The van der Waals surface area contributed by atoms with Gasteiger partial charge in [0, 0.05) is 14.9 Å². The lowest BCUT2D eigenvalue weighted by atomic mass is 10.2. The van der Waals surface area contributed by atoms with Crippen molar-refractivity contribution in [3.8, 4) is 0 Å². The van der Waals surface area contributed by atoms with Crippen molar-refractivity contribution in [2.24, 2.45) is 0 Å². The van der Waals surface area contributed by atoms with Gasteiger partial charge in [0.15, 0.2) is 6.61 Å². The quantitative estimate of drug-likeness (QED) is 0.458. The summed E-state index contributed by atoms with van der Waals surface area (Å²) in [7, 11) is 0. The second kappa shape index (κ2) is 7.21. The minimum absolute atomic E-state index is 0.0171. The van der Waals surface area contributed by atoms with Crippen LogP contribution in [0.5, 0.6) is 0 Å². The summed E-state index contributed by atoms with van der Waals surface area (Å²) in [5, 5.41) is 2.59. The number of hydrogen-bond acceptors (Lipinski definition) is 4. The van der Waals surface area contributed by atoms with E-state index in [1.54, 1.807) is 12.1 Å². The van der Waals surface area contributed by atoms with Crippen LogP contribution in [0.25, 0.3) is 0 Å². The summed E-state index contributed by atoms with van der Waals surface area (Å²) < 4.78 is 18.8. The molecule has 3 N–H and O–H groups in total. The average molecular weight is 414 g/mol. The number of benzene rings is 2. The van der Waals surface area contributed by atoms with Crippen molar-refractivity contribution in [1.82, 2.24) is 0 Å². The molecule has 7 heteroatoms. The van der Waals surface area contributed by atoms with Gasteiger partial charge < -0.3 is 15.8 Å². The number of hydrogen-bond donors (Lipinski definition) is 2. The van der Waals surface area contributed by atoms with Crippen LogP contribution in [0, 0.1) is 9.39 Å². The molecule has 0 atom stereocenters. The van der Waals surface area contributed by atoms with Gasteiger partial charge in [-0.25, -0.2) is 9.18 Å². The van der Waals surface area contributed by atoms with E-state index in [2.05, 4.69) is 27.9 Å². The van der Waals surface area contributed by atoms with Crippen LogP contribution in [0.15, 0.2) is 42.5 Å². The third kappa shape index (κ3) is 4.42. The molecule has 0 fully saturated rings. The predicted molar refractivity (Wildman–Crippen MR) is 88.9 cm³/mol. The molecule has 2 aromatic rings. The van der Waals surface area contributed by atoms with Crippen molar-refractivity contribution in [1.29, 1.82) is 0 Å². The molecule has 22 heavy (non-hydrogen) atoms. The Morgan fingerprint density at radius 1 is 1.18 bits per heavy atom. The second-order valence-electron chi connectivity index (χ2n) is 4.36. The van der Waals surface area contributed by atoms with E-state index in [-0.39, 0.29) is 11.3 Å². The Morgan fingerprint density at radius 3 is 2.50 bits per heavy atom. The first-order valence-electron chi connectivity index (χ1n) is 6.23. The summed E-state index contributed by atoms with van der Waals surface area (Å²) in [6.07, 6.45) is 0. The van der Waals surface area contributed by atoms with Crippen LogP contribution >= 0.6 is 22.6 Å². The molecule has 0 unspecified atom stereocenters. The van der Waals surface area contributed by atoms with E-state index in [4.69, 9.17) is 10.5 Å². The lowest BCUT2D eigenvalue weighted by molar-refractivity contribution is -0.119. The fourth-order valence-electron chi connectivity index (χ4n) is 1.66. The standard InChI is InChI=1S/C15H12FIN2O3/c16-9-1-6-12(13(18)7-9)15(21)22-8-14(20)19-11-4-2-10(17)3-5-11/h1-7H,8,18H2,(H,19,20). The number of rotatable bonds is 4. The molecule has 0 spiro atoms. The van der Waals surface area contributed by atoms with E-state index in [1.807, 2.05) is 12.1 Å². The van der Waals surface area contributed by atoms with Crippen molar-refractivity contribution in [2.75, 3.05) is 17.7 Å². The Morgan fingerprint density at radius 2 is 1.86 bits per heavy atom. The van der Waals surface area contributed by atoms with E-state index in [0.29, 0.717) is 5.69 Å². The van der Waals surface area contributed by atoms with Gasteiger partial charge in [0.2, 0.25) is 0 Å². The molecular formula is C15H12FIN2O3. The van der Waals surface area contributed by atoms with Crippen molar-refractivity contribution in [3.05, 3.63) is 57.4 Å². The largest absolute Gasteiger partial charge is 0.452 e. The molecule has 0 radical (unpaired) electrons. The molecule has 0 aliphatic rings. The zero-order valence-corrected chi connectivity index (χ0v) is 13.5. The highest BCUT2D eigenvalue weighted by Crippen LogP contribution is 2.15. The molecule has 2 aromatic carbocycles. The highest BCUT2D eigenvalue weighted by molar-refractivity contribution is 14.1. The summed E-state index contributed by atoms with van der Waals surface area (Å²) in [6, 6.07) is 10.5. The molecule has 0 heterocycles. The van der Waals surface area contributed by atoms with Crippen molar-refractivity contribution >= 4 is 45.8 Å². The van der Waals surface area contributed by atoms with E-state index in [1.165, 1.54) is 6.07 Å². The van der Waals surface area contributed by atoms with E-state index < -0.39 is 24.3 Å². The number of nitrogens with two attached hydrogens (primary N) is 1. The Balaban J connectivity index is 1.90. The lowest BCUT2D eigenvalue weighted by Crippen LogP contribution is -2.21. The number of anilines is 2. The molecule has 0 saturated carbocycles. The van der Waals surface area contributed by atoms with Crippen LogP contribution in [-0.2, 0) is 9.53 Å². The molecule has 5 nitrogen and oxygen atoms in total. The van der Waals surface area contributed by atoms with Crippen LogP contribution in [0.3, 0.4) is 0 Å². The van der Waals surface area contributed by atoms with Crippen LogP contribution < -0.4 is 11.1 Å². The summed E-state index contributed by atoms with van der Waals surface area (Å²) in [6.45, 7) is -0.457. The topological polar surface area (TPSA) is 81.4 Å². The minimum atomic E-state index is -0.782. The number of amides is 1. The molecule has 0 aromatic heterocycles. The summed E-state index contributed by atoms with van der Waals surface area (Å²) in [5.41, 5.74) is 6.10. The van der Waals surface area contributed by atoms with Crippen LogP contribution in [-0.4, -0.2) is 18.5 Å². The first-order chi connectivity index (χ1) is 10.5. The van der Waals surface area contributed by atoms with E-state index >= 15 is 0 Å². The van der Waals surface area contributed by atoms with Gasteiger partial charge in [0.25, 0.3) is 5.91 Å². The number of ether oxygens (including phenoxy) is 1. The van der Waals surface area contributed by atoms with E-state index in [0.717, 1.165) is 15.7 Å². The van der Waals surface area contributed by atoms with Gasteiger partial charge in [0.1, 0.15) is 5.82 Å². The summed E-state index contributed by atoms with van der Waals surface area (Å²) >= 11 is 2.15. The minimum Gasteiger partial charge on any atom is -0.452 e. The summed E-state index contributed by atoms with van der Waals surface area (Å²) in [4.78, 5) is 23.5. The van der Waals surface area contributed by atoms with Gasteiger partial charge in [-0.05, 0) is 65.1 Å². The van der Waals surface area contributed by atoms with E-state index in [9.17, 15) is 14.0 Å². The first-order valence-corrected chi connectivity index (χ1v) is 7.31.